The first-order chi connectivity index (χ1) is 13.4. The van der Waals surface area contributed by atoms with Crippen molar-refractivity contribution in [2.45, 2.75) is 6.54 Å². The number of hydrogen-bond acceptors (Lipinski definition) is 6. The van der Waals surface area contributed by atoms with Crippen molar-refractivity contribution in [1.29, 1.82) is 0 Å². The zero-order valence-electron chi connectivity index (χ0n) is 15.3. The van der Waals surface area contributed by atoms with E-state index < -0.39 is 16.7 Å². The molecule has 1 aliphatic heterocycles. The third kappa shape index (κ3) is 3.91. The van der Waals surface area contributed by atoms with Crippen LogP contribution in [0.15, 0.2) is 55.1 Å². The highest BCUT2D eigenvalue weighted by molar-refractivity contribution is 6.21. The third-order valence-corrected chi connectivity index (χ3v) is 4.29. The van der Waals surface area contributed by atoms with Gasteiger partial charge >= 0.3 is 0 Å². The van der Waals surface area contributed by atoms with Crippen molar-refractivity contribution in [3.05, 3.63) is 81.9 Å². The number of rotatable bonds is 8. The van der Waals surface area contributed by atoms with Crippen LogP contribution >= 0.6 is 0 Å². The van der Waals surface area contributed by atoms with Crippen LogP contribution in [0.3, 0.4) is 0 Å². The van der Waals surface area contributed by atoms with Gasteiger partial charge in [0.2, 0.25) is 0 Å². The molecule has 0 N–H and O–H groups in total. The van der Waals surface area contributed by atoms with Crippen molar-refractivity contribution < 1.29 is 19.2 Å². The first-order valence-corrected chi connectivity index (χ1v) is 8.56. The Bertz CT molecular complexity index is 939. The van der Waals surface area contributed by atoms with Crippen LogP contribution in [0.25, 0.3) is 0 Å². The molecule has 0 bridgehead atoms. The maximum Gasteiger partial charge on any atom is 0.270 e. The van der Waals surface area contributed by atoms with Crippen LogP contribution < -0.4 is 4.74 Å². The summed E-state index contributed by atoms with van der Waals surface area (Å²) in [5.74, 6) is -0.244. The first kappa shape index (κ1) is 19.2. The molecule has 28 heavy (non-hydrogen) atoms. The topological polar surface area (TPSA) is 93.0 Å². The Morgan fingerprint density at radius 2 is 1.82 bits per heavy atom. The standard InChI is InChI=1S/C20H19N3O5/c1-3-10-28-16-7-4-14(5-8-16)12-21(2)13-22-19(24)17-9-6-15(23(26)27)11-18(17)20(22)25/h3-9,11H,1,10,12-13H2,2H3. The largest absolute Gasteiger partial charge is 0.490 e. The highest BCUT2D eigenvalue weighted by Gasteiger charge is 2.37. The van der Waals surface area contributed by atoms with E-state index in [1.807, 2.05) is 29.2 Å². The van der Waals surface area contributed by atoms with E-state index in [9.17, 15) is 19.7 Å². The fourth-order valence-electron chi connectivity index (χ4n) is 2.97. The number of benzene rings is 2. The van der Waals surface area contributed by atoms with Gasteiger partial charge in [0.05, 0.1) is 22.7 Å². The summed E-state index contributed by atoms with van der Waals surface area (Å²) < 4.78 is 5.44. The number of ether oxygens (including phenoxy) is 1. The molecule has 1 aliphatic rings. The molecule has 2 aromatic carbocycles. The van der Waals surface area contributed by atoms with E-state index in [1.54, 1.807) is 13.1 Å². The van der Waals surface area contributed by atoms with Crippen molar-refractivity contribution in [1.82, 2.24) is 9.80 Å². The fourth-order valence-corrected chi connectivity index (χ4v) is 2.97. The van der Waals surface area contributed by atoms with Crippen LogP contribution in [-0.2, 0) is 6.54 Å². The van der Waals surface area contributed by atoms with E-state index >= 15 is 0 Å². The summed E-state index contributed by atoms with van der Waals surface area (Å²) in [7, 11) is 1.79. The number of carbonyl (C=O) groups excluding carboxylic acids is 2. The second kappa shape index (κ2) is 8.01. The molecular weight excluding hydrogens is 362 g/mol. The number of amides is 2. The Kier molecular flexibility index (Phi) is 5.51. The normalized spacial score (nSPS) is 13.0. The van der Waals surface area contributed by atoms with E-state index in [0.717, 1.165) is 22.3 Å². The van der Waals surface area contributed by atoms with Crippen molar-refractivity contribution in [2.24, 2.45) is 0 Å². The van der Waals surface area contributed by atoms with Gasteiger partial charge in [-0.1, -0.05) is 24.8 Å². The molecule has 1 heterocycles. The lowest BCUT2D eigenvalue weighted by molar-refractivity contribution is -0.384. The zero-order valence-corrected chi connectivity index (χ0v) is 15.3. The average molecular weight is 381 g/mol. The fraction of sp³-hybridized carbons (Fsp3) is 0.200. The molecule has 2 aromatic rings. The van der Waals surface area contributed by atoms with Crippen LogP contribution in [0, 0.1) is 10.1 Å². The molecule has 0 saturated carbocycles. The number of hydrogen-bond donors (Lipinski definition) is 0. The van der Waals surface area contributed by atoms with Crippen molar-refractivity contribution in [3.8, 4) is 5.75 Å². The van der Waals surface area contributed by atoms with E-state index in [1.165, 1.54) is 12.1 Å². The zero-order chi connectivity index (χ0) is 20.3. The van der Waals surface area contributed by atoms with E-state index in [4.69, 9.17) is 4.74 Å². The minimum Gasteiger partial charge on any atom is -0.490 e. The lowest BCUT2D eigenvalue weighted by Crippen LogP contribution is -2.39. The van der Waals surface area contributed by atoms with Gasteiger partial charge in [-0.25, -0.2) is 0 Å². The molecule has 8 nitrogen and oxygen atoms in total. The lowest BCUT2D eigenvalue weighted by atomic mass is 10.1. The molecule has 0 aromatic heterocycles. The monoisotopic (exact) mass is 381 g/mol. The Balaban J connectivity index is 1.66. The Labute approximate surface area is 161 Å². The Hall–Kier alpha value is -3.52. The number of fused-ring (bicyclic) bond motifs is 1. The second-order valence-electron chi connectivity index (χ2n) is 6.42. The van der Waals surface area contributed by atoms with Crippen LogP contribution in [-0.4, -0.2) is 46.9 Å². The number of carbonyl (C=O) groups is 2. The number of nitro groups is 1. The lowest BCUT2D eigenvalue weighted by Gasteiger charge is -2.23. The van der Waals surface area contributed by atoms with Gasteiger partial charge in [-0.3, -0.25) is 29.5 Å². The van der Waals surface area contributed by atoms with Crippen molar-refractivity contribution >= 4 is 17.5 Å². The third-order valence-electron chi connectivity index (χ3n) is 4.29. The van der Waals surface area contributed by atoms with Gasteiger partial charge in [0, 0.05) is 18.7 Å². The molecule has 3 rings (SSSR count). The molecule has 0 fully saturated rings. The van der Waals surface area contributed by atoms with Gasteiger partial charge in [-0.2, -0.15) is 0 Å². The molecule has 8 heteroatoms. The summed E-state index contributed by atoms with van der Waals surface area (Å²) in [5, 5.41) is 10.9. The Morgan fingerprint density at radius 1 is 1.14 bits per heavy atom. The van der Waals surface area contributed by atoms with Crippen molar-refractivity contribution in [3.63, 3.8) is 0 Å². The molecule has 0 saturated heterocycles. The van der Waals surface area contributed by atoms with E-state index in [-0.39, 0.29) is 23.5 Å². The van der Waals surface area contributed by atoms with Gasteiger partial charge in [-0.15, -0.1) is 0 Å². The maximum absolute atomic E-state index is 12.5. The van der Waals surface area contributed by atoms with E-state index in [2.05, 4.69) is 6.58 Å². The van der Waals surface area contributed by atoms with Crippen LogP contribution in [0.4, 0.5) is 5.69 Å². The first-order valence-electron chi connectivity index (χ1n) is 8.56. The van der Waals surface area contributed by atoms with Gasteiger partial charge in [-0.05, 0) is 30.8 Å². The molecule has 0 aliphatic carbocycles. The Morgan fingerprint density at radius 3 is 2.46 bits per heavy atom. The highest BCUT2D eigenvalue weighted by Crippen LogP contribution is 2.27. The number of nitrogens with zero attached hydrogens (tertiary/aromatic N) is 3. The molecular formula is C20H19N3O5. The molecule has 0 radical (unpaired) electrons. The second-order valence-corrected chi connectivity index (χ2v) is 6.42. The predicted molar refractivity (Wildman–Crippen MR) is 102 cm³/mol. The smallest absolute Gasteiger partial charge is 0.270 e. The summed E-state index contributed by atoms with van der Waals surface area (Å²) >= 11 is 0. The molecule has 2 amide bonds. The van der Waals surface area contributed by atoms with Crippen molar-refractivity contribution in [2.75, 3.05) is 20.3 Å². The predicted octanol–water partition coefficient (Wildman–Crippen LogP) is 2.85. The van der Waals surface area contributed by atoms with Gasteiger partial charge in [0.15, 0.2) is 0 Å². The van der Waals surface area contributed by atoms with Gasteiger partial charge in [0.1, 0.15) is 12.4 Å². The molecule has 0 unspecified atom stereocenters. The van der Waals surface area contributed by atoms with Crippen LogP contribution in [0.5, 0.6) is 5.75 Å². The molecule has 144 valence electrons. The summed E-state index contributed by atoms with van der Waals surface area (Å²) in [6.45, 7) is 4.61. The quantitative estimate of drug-likeness (QED) is 0.302. The summed E-state index contributed by atoms with van der Waals surface area (Å²) in [4.78, 5) is 38.3. The minimum absolute atomic E-state index is 0.0660. The number of non-ortho nitro benzene ring substituents is 1. The maximum atomic E-state index is 12.5. The van der Waals surface area contributed by atoms with Crippen LogP contribution in [0.1, 0.15) is 26.3 Å². The minimum atomic E-state index is -0.588. The SMILES string of the molecule is C=CCOc1ccc(CN(C)CN2C(=O)c3ccc([N+](=O)[O-])cc3C2=O)cc1. The average Bonchev–Trinajstić information content (AvgIpc) is 2.92. The van der Waals surface area contributed by atoms with Crippen LogP contribution in [0.2, 0.25) is 0 Å². The summed E-state index contributed by atoms with van der Waals surface area (Å²) in [6, 6.07) is 11.2. The van der Waals surface area contributed by atoms with Gasteiger partial charge < -0.3 is 4.74 Å². The number of nitro benzene ring substituents is 1. The highest BCUT2D eigenvalue weighted by atomic mass is 16.6. The molecule has 0 spiro atoms. The summed E-state index contributed by atoms with van der Waals surface area (Å²) in [5.41, 5.74) is 1.03. The number of imide groups is 1. The summed E-state index contributed by atoms with van der Waals surface area (Å²) in [6.07, 6.45) is 1.67. The van der Waals surface area contributed by atoms with Gasteiger partial charge in [0.25, 0.3) is 17.5 Å². The molecule has 0 atom stereocenters. The van der Waals surface area contributed by atoms with E-state index in [0.29, 0.717) is 13.2 Å².